The molecule has 0 unspecified atom stereocenters. The van der Waals surface area contributed by atoms with E-state index in [1.54, 1.807) is 72.8 Å². The number of carbonyl (C=O) groups is 2. The number of hydrogen-bond acceptors (Lipinski definition) is 4. The maximum atomic E-state index is 13.5. The van der Waals surface area contributed by atoms with Gasteiger partial charge in [-0.3, -0.25) is 9.59 Å². The summed E-state index contributed by atoms with van der Waals surface area (Å²) in [4.78, 5) is 28.2. The highest BCUT2D eigenvalue weighted by Crippen LogP contribution is 2.40. The lowest BCUT2D eigenvalue weighted by atomic mass is 9.90. The van der Waals surface area contributed by atoms with Crippen molar-refractivity contribution in [3.05, 3.63) is 102 Å². The van der Waals surface area contributed by atoms with Gasteiger partial charge in [0.05, 0.1) is 16.8 Å². The average molecular weight is 407 g/mol. The molecule has 4 aromatic carbocycles. The SMILES string of the molecule is O=C1c2c(-c3ccc(O)cc3)ccc(-c3ccc(O)cc3)c2C(=O)N1c1ccccc1. The van der Waals surface area contributed by atoms with Gasteiger partial charge in [0.2, 0.25) is 0 Å². The topological polar surface area (TPSA) is 77.8 Å². The Kier molecular flexibility index (Phi) is 4.30. The third-order valence-electron chi connectivity index (χ3n) is 5.41. The molecular formula is C26H17NO4. The summed E-state index contributed by atoms with van der Waals surface area (Å²) in [5.74, 6) is -0.548. The fourth-order valence-electron chi connectivity index (χ4n) is 3.94. The monoisotopic (exact) mass is 407 g/mol. The van der Waals surface area contributed by atoms with Gasteiger partial charge in [0.15, 0.2) is 0 Å². The summed E-state index contributed by atoms with van der Waals surface area (Å²) in [6.45, 7) is 0. The van der Waals surface area contributed by atoms with Crippen molar-refractivity contribution in [3.63, 3.8) is 0 Å². The van der Waals surface area contributed by atoms with E-state index >= 15 is 0 Å². The summed E-state index contributed by atoms with van der Waals surface area (Å²) in [5.41, 5.74) is 3.84. The van der Waals surface area contributed by atoms with E-state index in [4.69, 9.17) is 0 Å². The average Bonchev–Trinajstić information content (AvgIpc) is 3.06. The molecule has 0 spiro atoms. The van der Waals surface area contributed by atoms with Crippen LogP contribution in [0.5, 0.6) is 11.5 Å². The first-order valence-corrected chi connectivity index (χ1v) is 9.74. The molecule has 0 saturated heterocycles. The van der Waals surface area contributed by atoms with Crippen LogP contribution < -0.4 is 4.90 Å². The number of phenols is 2. The second kappa shape index (κ2) is 7.15. The van der Waals surface area contributed by atoms with Crippen LogP contribution in [0, 0.1) is 0 Å². The van der Waals surface area contributed by atoms with E-state index in [0.29, 0.717) is 27.9 Å². The quantitative estimate of drug-likeness (QED) is 0.456. The van der Waals surface area contributed by atoms with Crippen molar-refractivity contribution in [1.29, 1.82) is 0 Å². The predicted octanol–water partition coefficient (Wildman–Crippen LogP) is 5.23. The van der Waals surface area contributed by atoms with Crippen molar-refractivity contribution in [3.8, 4) is 33.8 Å². The van der Waals surface area contributed by atoms with Crippen molar-refractivity contribution in [1.82, 2.24) is 0 Å². The van der Waals surface area contributed by atoms with E-state index < -0.39 is 11.8 Å². The van der Waals surface area contributed by atoms with E-state index in [-0.39, 0.29) is 11.5 Å². The fraction of sp³-hybridized carbons (Fsp3) is 0. The molecule has 5 heteroatoms. The Bertz CT molecular complexity index is 1230. The number of rotatable bonds is 3. The first-order chi connectivity index (χ1) is 15.0. The summed E-state index contributed by atoms with van der Waals surface area (Å²) >= 11 is 0. The van der Waals surface area contributed by atoms with Gasteiger partial charge in [-0.25, -0.2) is 4.90 Å². The summed E-state index contributed by atoms with van der Waals surface area (Å²) in [6.07, 6.45) is 0. The third-order valence-corrected chi connectivity index (χ3v) is 5.41. The molecule has 1 aliphatic heterocycles. The third kappa shape index (κ3) is 3.04. The lowest BCUT2D eigenvalue weighted by molar-refractivity contribution is 0.0926. The Balaban J connectivity index is 1.76. The normalized spacial score (nSPS) is 12.8. The van der Waals surface area contributed by atoms with Crippen molar-refractivity contribution >= 4 is 17.5 Å². The largest absolute Gasteiger partial charge is 0.508 e. The summed E-state index contributed by atoms with van der Waals surface area (Å²) < 4.78 is 0. The second-order valence-corrected chi connectivity index (χ2v) is 7.29. The van der Waals surface area contributed by atoms with Crippen molar-refractivity contribution < 1.29 is 19.8 Å². The number of phenolic OH excluding ortho intramolecular Hbond substituents is 2. The first-order valence-electron chi connectivity index (χ1n) is 9.74. The second-order valence-electron chi connectivity index (χ2n) is 7.29. The summed E-state index contributed by atoms with van der Waals surface area (Å²) in [6, 6.07) is 25.5. The lowest BCUT2D eigenvalue weighted by Crippen LogP contribution is -2.29. The van der Waals surface area contributed by atoms with Crippen molar-refractivity contribution in [2.45, 2.75) is 0 Å². The first kappa shape index (κ1) is 18.6. The predicted molar refractivity (Wildman–Crippen MR) is 118 cm³/mol. The minimum Gasteiger partial charge on any atom is -0.508 e. The highest BCUT2D eigenvalue weighted by molar-refractivity contribution is 6.37. The zero-order valence-corrected chi connectivity index (χ0v) is 16.3. The van der Waals surface area contributed by atoms with Gasteiger partial charge < -0.3 is 10.2 Å². The molecule has 1 aliphatic rings. The molecule has 0 bridgehead atoms. The van der Waals surface area contributed by atoms with Gasteiger partial charge in [0.25, 0.3) is 11.8 Å². The zero-order valence-electron chi connectivity index (χ0n) is 16.3. The van der Waals surface area contributed by atoms with E-state index in [1.807, 2.05) is 18.2 Å². The highest BCUT2D eigenvalue weighted by Gasteiger charge is 2.40. The number of carbonyl (C=O) groups excluding carboxylic acids is 2. The van der Waals surface area contributed by atoms with Crippen LogP contribution in [-0.4, -0.2) is 22.0 Å². The Morgan fingerprint density at radius 2 is 0.935 bits per heavy atom. The van der Waals surface area contributed by atoms with Gasteiger partial charge in [-0.1, -0.05) is 54.6 Å². The number of nitrogens with zero attached hydrogens (tertiary/aromatic N) is 1. The van der Waals surface area contributed by atoms with Crippen molar-refractivity contribution in [2.75, 3.05) is 4.90 Å². The number of fused-ring (bicyclic) bond motifs is 1. The maximum Gasteiger partial charge on any atom is 0.266 e. The van der Waals surface area contributed by atoms with Gasteiger partial charge >= 0.3 is 0 Å². The van der Waals surface area contributed by atoms with Crippen LogP contribution in [0.15, 0.2) is 91.0 Å². The number of anilines is 1. The molecule has 4 aromatic rings. The van der Waals surface area contributed by atoms with Gasteiger partial charge in [-0.15, -0.1) is 0 Å². The van der Waals surface area contributed by atoms with E-state index in [9.17, 15) is 19.8 Å². The van der Waals surface area contributed by atoms with Crippen LogP contribution in [0.25, 0.3) is 22.3 Å². The molecule has 31 heavy (non-hydrogen) atoms. The molecule has 5 nitrogen and oxygen atoms in total. The molecule has 0 radical (unpaired) electrons. The number of hydrogen-bond donors (Lipinski definition) is 2. The van der Waals surface area contributed by atoms with Gasteiger partial charge in [-0.05, 0) is 58.7 Å². The Labute approximate surface area is 178 Å². The molecule has 2 N–H and O–H groups in total. The molecule has 5 rings (SSSR count). The lowest BCUT2D eigenvalue weighted by Gasteiger charge is -2.13. The number of para-hydroxylation sites is 1. The molecule has 0 saturated carbocycles. The summed E-state index contributed by atoms with van der Waals surface area (Å²) in [5, 5.41) is 19.3. The molecule has 0 aromatic heterocycles. The maximum absolute atomic E-state index is 13.5. The number of aromatic hydroxyl groups is 2. The zero-order chi connectivity index (χ0) is 21.5. The van der Waals surface area contributed by atoms with Crippen LogP contribution in [0.4, 0.5) is 5.69 Å². The van der Waals surface area contributed by atoms with E-state index in [2.05, 4.69) is 0 Å². The van der Waals surface area contributed by atoms with Crippen LogP contribution in [0.3, 0.4) is 0 Å². The molecule has 0 atom stereocenters. The van der Waals surface area contributed by atoms with Gasteiger partial charge in [-0.2, -0.15) is 0 Å². The Hall–Kier alpha value is -4.38. The molecule has 0 aliphatic carbocycles. The molecule has 2 amide bonds. The fourth-order valence-corrected chi connectivity index (χ4v) is 3.94. The van der Waals surface area contributed by atoms with E-state index in [0.717, 1.165) is 11.1 Å². The standard InChI is InChI=1S/C26H17NO4/c28-19-10-6-16(7-11-19)21-14-15-22(17-8-12-20(29)13-9-17)24-23(21)25(30)27(26(24)31)18-4-2-1-3-5-18/h1-15,28-29H. The molecule has 0 fully saturated rings. The van der Waals surface area contributed by atoms with Crippen molar-refractivity contribution in [2.24, 2.45) is 0 Å². The van der Waals surface area contributed by atoms with Crippen LogP contribution in [-0.2, 0) is 0 Å². The minimum absolute atomic E-state index is 0.120. The number of amides is 2. The number of imide groups is 1. The van der Waals surface area contributed by atoms with E-state index in [1.165, 1.54) is 4.90 Å². The molecule has 150 valence electrons. The smallest absolute Gasteiger partial charge is 0.266 e. The van der Waals surface area contributed by atoms with Crippen LogP contribution >= 0.6 is 0 Å². The molecule has 1 heterocycles. The Morgan fingerprint density at radius 1 is 0.516 bits per heavy atom. The minimum atomic E-state index is -0.394. The van der Waals surface area contributed by atoms with Crippen LogP contribution in [0.2, 0.25) is 0 Å². The number of benzene rings is 4. The van der Waals surface area contributed by atoms with Crippen LogP contribution in [0.1, 0.15) is 20.7 Å². The summed E-state index contributed by atoms with van der Waals surface area (Å²) in [7, 11) is 0. The highest BCUT2D eigenvalue weighted by atomic mass is 16.3. The van der Waals surface area contributed by atoms with Gasteiger partial charge in [0, 0.05) is 0 Å². The van der Waals surface area contributed by atoms with Gasteiger partial charge in [0.1, 0.15) is 11.5 Å². The Morgan fingerprint density at radius 3 is 1.35 bits per heavy atom. The molecular weight excluding hydrogens is 390 g/mol.